The van der Waals surface area contributed by atoms with E-state index in [0.29, 0.717) is 6.61 Å². The molecular weight excluding hydrogens is 402 g/mol. The standard InChI is InChI=1S/C22H23N3O2S2/c1-5-27-16-10-11-18-17(12-16)19-20(22(3,4)24-18)29-25(21(19)28)15-8-6-14(7-9-15)23-13(2)26/h6-12,24H,5H2,1-4H3,(H,23,26). The zero-order valence-corrected chi connectivity index (χ0v) is 18.5. The maximum Gasteiger partial charge on any atom is 0.221 e. The minimum atomic E-state index is -0.241. The van der Waals surface area contributed by atoms with Crippen molar-refractivity contribution in [2.75, 3.05) is 17.2 Å². The van der Waals surface area contributed by atoms with Crippen LogP contribution in [-0.4, -0.2) is 16.5 Å². The van der Waals surface area contributed by atoms with Gasteiger partial charge < -0.3 is 15.4 Å². The average molecular weight is 426 g/mol. The highest BCUT2D eigenvalue weighted by Crippen LogP contribution is 2.48. The van der Waals surface area contributed by atoms with E-state index in [0.717, 1.165) is 38.6 Å². The fourth-order valence-corrected chi connectivity index (χ4v) is 5.24. The van der Waals surface area contributed by atoms with Crippen LogP contribution in [0.15, 0.2) is 42.5 Å². The summed E-state index contributed by atoms with van der Waals surface area (Å²) in [6, 6.07) is 13.8. The van der Waals surface area contributed by atoms with Crippen molar-refractivity contribution in [1.82, 2.24) is 3.96 Å². The van der Waals surface area contributed by atoms with E-state index in [1.54, 1.807) is 11.5 Å². The highest BCUT2D eigenvalue weighted by Gasteiger charge is 2.34. The Morgan fingerprint density at radius 2 is 1.97 bits per heavy atom. The van der Waals surface area contributed by atoms with Crippen LogP contribution in [-0.2, 0) is 10.3 Å². The van der Waals surface area contributed by atoms with Crippen molar-refractivity contribution >= 4 is 41.0 Å². The molecule has 0 atom stereocenters. The lowest BCUT2D eigenvalue weighted by molar-refractivity contribution is -0.114. The zero-order valence-electron chi connectivity index (χ0n) is 16.8. The molecular formula is C22H23N3O2S2. The smallest absolute Gasteiger partial charge is 0.221 e. The van der Waals surface area contributed by atoms with Crippen LogP contribution in [0.1, 0.15) is 32.6 Å². The second-order valence-electron chi connectivity index (χ2n) is 7.51. The molecule has 29 heavy (non-hydrogen) atoms. The monoisotopic (exact) mass is 425 g/mol. The van der Waals surface area contributed by atoms with Crippen molar-refractivity contribution in [2.24, 2.45) is 0 Å². The Kier molecular flexibility index (Phi) is 4.96. The van der Waals surface area contributed by atoms with Crippen molar-refractivity contribution in [3.8, 4) is 22.6 Å². The van der Waals surface area contributed by atoms with Crippen molar-refractivity contribution in [1.29, 1.82) is 0 Å². The first-order valence-corrected chi connectivity index (χ1v) is 10.7. The van der Waals surface area contributed by atoms with Gasteiger partial charge in [-0.05, 0) is 63.2 Å². The topological polar surface area (TPSA) is 55.3 Å². The first-order valence-electron chi connectivity index (χ1n) is 9.50. The third-order valence-corrected chi connectivity index (χ3v) is 6.79. The molecule has 0 spiro atoms. The number of ether oxygens (including phenoxy) is 1. The molecule has 0 radical (unpaired) electrons. The Hall–Kier alpha value is -2.64. The minimum absolute atomic E-state index is 0.0875. The fourth-order valence-electron chi connectivity index (χ4n) is 3.58. The van der Waals surface area contributed by atoms with Gasteiger partial charge in [0.2, 0.25) is 5.91 Å². The number of carbonyl (C=O) groups is 1. The predicted octanol–water partition coefficient (Wildman–Crippen LogP) is 5.95. The molecule has 1 aromatic heterocycles. The van der Waals surface area contributed by atoms with Crippen LogP contribution in [0.25, 0.3) is 16.8 Å². The largest absolute Gasteiger partial charge is 0.494 e. The van der Waals surface area contributed by atoms with E-state index >= 15 is 0 Å². The molecule has 4 rings (SSSR count). The number of rotatable bonds is 4. The van der Waals surface area contributed by atoms with Crippen molar-refractivity contribution < 1.29 is 9.53 Å². The molecule has 5 nitrogen and oxygen atoms in total. The lowest BCUT2D eigenvalue weighted by atomic mass is 9.90. The van der Waals surface area contributed by atoms with E-state index < -0.39 is 0 Å². The molecule has 2 heterocycles. The van der Waals surface area contributed by atoms with Gasteiger partial charge in [0, 0.05) is 29.4 Å². The molecule has 1 aliphatic rings. The van der Waals surface area contributed by atoms with Gasteiger partial charge in [-0.3, -0.25) is 8.75 Å². The molecule has 0 bridgehead atoms. The van der Waals surface area contributed by atoms with Crippen LogP contribution in [0.4, 0.5) is 11.4 Å². The van der Waals surface area contributed by atoms with Crippen LogP contribution in [0, 0.1) is 4.64 Å². The van der Waals surface area contributed by atoms with Gasteiger partial charge in [-0.2, -0.15) is 0 Å². The van der Waals surface area contributed by atoms with Gasteiger partial charge >= 0.3 is 0 Å². The summed E-state index contributed by atoms with van der Waals surface area (Å²) >= 11 is 7.57. The molecule has 1 amide bonds. The number of fused-ring (bicyclic) bond motifs is 3. The van der Waals surface area contributed by atoms with Gasteiger partial charge in [0.15, 0.2) is 0 Å². The molecule has 0 fully saturated rings. The summed E-state index contributed by atoms with van der Waals surface area (Å²) in [6.45, 7) is 8.44. The molecule has 3 aromatic rings. The minimum Gasteiger partial charge on any atom is -0.494 e. The Balaban J connectivity index is 1.84. The number of nitrogens with zero attached hydrogens (tertiary/aromatic N) is 1. The fraction of sp³-hybridized carbons (Fsp3) is 0.273. The van der Waals surface area contributed by atoms with E-state index in [4.69, 9.17) is 17.0 Å². The summed E-state index contributed by atoms with van der Waals surface area (Å²) < 4.78 is 8.57. The highest BCUT2D eigenvalue weighted by atomic mass is 32.1. The van der Waals surface area contributed by atoms with Gasteiger partial charge in [-0.1, -0.05) is 23.8 Å². The van der Waals surface area contributed by atoms with Crippen LogP contribution < -0.4 is 15.4 Å². The molecule has 0 saturated heterocycles. The summed E-state index contributed by atoms with van der Waals surface area (Å²) in [5.41, 5.74) is 4.71. The van der Waals surface area contributed by atoms with E-state index in [-0.39, 0.29) is 11.4 Å². The number of carbonyl (C=O) groups excluding carboxylic acids is 1. The lowest BCUT2D eigenvalue weighted by Crippen LogP contribution is -2.30. The first kappa shape index (κ1) is 19.7. The number of anilines is 2. The lowest BCUT2D eigenvalue weighted by Gasteiger charge is -2.33. The quantitative estimate of drug-likeness (QED) is 0.507. The van der Waals surface area contributed by atoms with E-state index in [2.05, 4.69) is 40.6 Å². The molecule has 0 saturated carbocycles. The van der Waals surface area contributed by atoms with Gasteiger partial charge in [0.05, 0.1) is 22.7 Å². The number of nitrogens with one attached hydrogen (secondary N) is 2. The number of benzene rings is 2. The first-order chi connectivity index (χ1) is 13.8. The second kappa shape index (κ2) is 7.31. The molecule has 2 aromatic carbocycles. The van der Waals surface area contributed by atoms with Crippen LogP contribution in [0.2, 0.25) is 0 Å². The maximum absolute atomic E-state index is 11.3. The Morgan fingerprint density at radius 1 is 1.24 bits per heavy atom. The van der Waals surface area contributed by atoms with Crippen LogP contribution >= 0.6 is 23.8 Å². The van der Waals surface area contributed by atoms with Gasteiger partial charge in [-0.25, -0.2) is 0 Å². The van der Waals surface area contributed by atoms with Crippen molar-refractivity contribution in [2.45, 2.75) is 33.2 Å². The van der Waals surface area contributed by atoms with E-state index in [1.165, 1.54) is 11.8 Å². The maximum atomic E-state index is 11.3. The van der Waals surface area contributed by atoms with Crippen LogP contribution in [0.5, 0.6) is 5.75 Å². The molecule has 0 aliphatic carbocycles. The van der Waals surface area contributed by atoms with Crippen molar-refractivity contribution in [3.05, 3.63) is 52.0 Å². The summed E-state index contributed by atoms with van der Waals surface area (Å²) in [4.78, 5) is 12.5. The number of aromatic nitrogens is 1. The van der Waals surface area contributed by atoms with Gasteiger partial charge in [-0.15, -0.1) is 0 Å². The van der Waals surface area contributed by atoms with Crippen LogP contribution in [0.3, 0.4) is 0 Å². The number of hydrogen-bond acceptors (Lipinski definition) is 5. The Morgan fingerprint density at radius 3 is 2.62 bits per heavy atom. The number of hydrogen-bond donors (Lipinski definition) is 2. The Labute approximate surface area is 179 Å². The van der Waals surface area contributed by atoms with Gasteiger partial charge in [0.25, 0.3) is 0 Å². The molecule has 7 heteroatoms. The number of amides is 1. The predicted molar refractivity (Wildman–Crippen MR) is 122 cm³/mol. The third kappa shape index (κ3) is 3.56. The molecule has 2 N–H and O–H groups in total. The third-order valence-electron chi connectivity index (χ3n) is 4.82. The normalized spacial score (nSPS) is 13.8. The van der Waals surface area contributed by atoms with Gasteiger partial charge in [0.1, 0.15) is 10.4 Å². The second-order valence-corrected chi connectivity index (χ2v) is 8.86. The summed E-state index contributed by atoms with van der Waals surface area (Å²) in [6.07, 6.45) is 0. The van der Waals surface area contributed by atoms with E-state index in [9.17, 15) is 4.79 Å². The van der Waals surface area contributed by atoms with E-state index in [1.807, 2.05) is 37.3 Å². The van der Waals surface area contributed by atoms with Crippen molar-refractivity contribution in [3.63, 3.8) is 0 Å². The zero-order chi connectivity index (χ0) is 20.8. The average Bonchev–Trinajstić information content (AvgIpc) is 3.01. The molecule has 0 unspecified atom stereocenters. The summed E-state index contributed by atoms with van der Waals surface area (Å²) in [5, 5.41) is 6.43. The molecule has 1 aliphatic heterocycles. The summed E-state index contributed by atoms with van der Waals surface area (Å²) in [5.74, 6) is 0.751. The molecule has 150 valence electrons. The Bertz CT molecular complexity index is 1140. The highest BCUT2D eigenvalue weighted by molar-refractivity contribution is 7.71. The SMILES string of the molecule is CCOc1ccc2c(c1)-c1c(sn(-c3ccc(NC(C)=O)cc3)c1=S)C(C)(C)N2. The summed E-state index contributed by atoms with van der Waals surface area (Å²) in [7, 11) is 0.